The Balaban J connectivity index is 2.01. The quantitative estimate of drug-likeness (QED) is 0.601. The molecule has 5 atom stereocenters. The molecule has 1 heteroatoms. The van der Waals surface area contributed by atoms with E-state index in [2.05, 4.69) is 27.7 Å². The van der Waals surface area contributed by atoms with Gasteiger partial charge in [-0.15, -0.1) is 0 Å². The maximum atomic E-state index is 6.65. The number of rotatable bonds is 0. The second-order valence-electron chi connectivity index (χ2n) is 7.20. The van der Waals surface area contributed by atoms with Crippen LogP contribution in [-0.2, 0) is 4.74 Å². The van der Waals surface area contributed by atoms with Gasteiger partial charge in [-0.1, -0.05) is 13.8 Å². The van der Waals surface area contributed by atoms with Crippen LogP contribution in [0.1, 0.15) is 59.8 Å². The van der Waals surface area contributed by atoms with Crippen LogP contribution in [0.15, 0.2) is 0 Å². The van der Waals surface area contributed by atoms with Crippen molar-refractivity contribution >= 4 is 0 Å². The Labute approximate surface area is 99.9 Å². The van der Waals surface area contributed by atoms with Crippen molar-refractivity contribution in [1.29, 1.82) is 0 Å². The fourth-order valence-corrected chi connectivity index (χ4v) is 4.94. The molecule has 3 fully saturated rings. The van der Waals surface area contributed by atoms with Gasteiger partial charge in [0, 0.05) is 0 Å². The average molecular weight is 222 g/mol. The minimum Gasteiger partial charge on any atom is -0.368 e. The van der Waals surface area contributed by atoms with Crippen LogP contribution in [0.3, 0.4) is 0 Å². The van der Waals surface area contributed by atoms with Crippen molar-refractivity contribution in [2.24, 2.45) is 23.7 Å². The highest BCUT2D eigenvalue weighted by atomic mass is 16.5. The molecule has 16 heavy (non-hydrogen) atoms. The maximum Gasteiger partial charge on any atom is 0.0749 e. The second-order valence-corrected chi connectivity index (χ2v) is 7.20. The molecule has 3 rings (SSSR count). The van der Waals surface area contributed by atoms with Crippen LogP contribution < -0.4 is 0 Å². The summed E-state index contributed by atoms with van der Waals surface area (Å²) in [6.45, 7) is 9.53. The zero-order valence-corrected chi connectivity index (χ0v) is 11.3. The molecule has 0 N–H and O–H groups in total. The molecule has 3 aliphatic rings. The van der Waals surface area contributed by atoms with E-state index in [1.54, 1.807) is 0 Å². The Morgan fingerprint density at radius 3 is 2.50 bits per heavy atom. The predicted octanol–water partition coefficient (Wildman–Crippen LogP) is 4.02. The van der Waals surface area contributed by atoms with Crippen LogP contribution in [0.4, 0.5) is 0 Å². The van der Waals surface area contributed by atoms with Crippen molar-refractivity contribution < 1.29 is 4.74 Å². The first kappa shape index (κ1) is 11.1. The Bertz CT molecular complexity index is 296. The summed E-state index contributed by atoms with van der Waals surface area (Å²) in [4.78, 5) is 0. The highest BCUT2D eigenvalue weighted by Crippen LogP contribution is 2.61. The maximum absolute atomic E-state index is 6.65. The summed E-state index contributed by atoms with van der Waals surface area (Å²) in [6.07, 6.45) is 6.95. The molecule has 1 heterocycles. The van der Waals surface area contributed by atoms with E-state index in [0.29, 0.717) is 0 Å². The summed E-state index contributed by atoms with van der Waals surface area (Å²) < 4.78 is 6.65. The molecule has 0 amide bonds. The first-order valence-corrected chi connectivity index (χ1v) is 7.16. The number of hydrogen-bond acceptors (Lipinski definition) is 1. The van der Waals surface area contributed by atoms with Gasteiger partial charge in [-0.3, -0.25) is 0 Å². The van der Waals surface area contributed by atoms with Crippen LogP contribution >= 0.6 is 0 Å². The number of ether oxygens (including phenoxy) is 1. The van der Waals surface area contributed by atoms with Crippen molar-refractivity contribution in [2.75, 3.05) is 0 Å². The average Bonchev–Trinajstić information content (AvgIpc) is 2.57. The van der Waals surface area contributed by atoms with E-state index >= 15 is 0 Å². The second kappa shape index (κ2) is 3.25. The molecule has 1 spiro atoms. The minimum absolute atomic E-state index is 0.136. The number of fused-ring (bicyclic) bond motifs is 1. The Morgan fingerprint density at radius 2 is 1.75 bits per heavy atom. The molecule has 2 saturated carbocycles. The Hall–Kier alpha value is -0.0400. The van der Waals surface area contributed by atoms with Crippen molar-refractivity contribution in [3.63, 3.8) is 0 Å². The van der Waals surface area contributed by atoms with Gasteiger partial charge in [-0.2, -0.15) is 0 Å². The lowest BCUT2D eigenvalue weighted by molar-refractivity contribution is -0.145. The first-order valence-electron chi connectivity index (χ1n) is 7.16. The predicted molar refractivity (Wildman–Crippen MR) is 66.3 cm³/mol. The van der Waals surface area contributed by atoms with Gasteiger partial charge < -0.3 is 4.74 Å². The van der Waals surface area contributed by atoms with Gasteiger partial charge in [0.05, 0.1) is 11.2 Å². The van der Waals surface area contributed by atoms with E-state index in [9.17, 15) is 0 Å². The number of hydrogen-bond donors (Lipinski definition) is 0. The molecule has 0 aromatic heterocycles. The van der Waals surface area contributed by atoms with E-state index in [4.69, 9.17) is 4.74 Å². The zero-order chi connectivity index (χ0) is 11.6. The van der Waals surface area contributed by atoms with E-state index in [-0.39, 0.29) is 11.2 Å². The van der Waals surface area contributed by atoms with E-state index < -0.39 is 0 Å². The van der Waals surface area contributed by atoms with Crippen molar-refractivity contribution in [3.05, 3.63) is 0 Å². The normalized spacial score (nSPS) is 54.8. The molecule has 1 aliphatic heterocycles. The Kier molecular flexibility index (Phi) is 2.25. The Morgan fingerprint density at radius 1 is 1.00 bits per heavy atom. The fraction of sp³-hybridized carbons (Fsp3) is 1.00. The molecule has 1 nitrogen and oxygen atoms in total. The van der Waals surface area contributed by atoms with Gasteiger partial charge in [0.25, 0.3) is 0 Å². The summed E-state index contributed by atoms with van der Waals surface area (Å²) in [6, 6.07) is 0. The van der Waals surface area contributed by atoms with Gasteiger partial charge in [0.1, 0.15) is 0 Å². The summed E-state index contributed by atoms with van der Waals surface area (Å²) in [5.74, 6) is 3.31. The molecule has 0 aromatic rings. The lowest BCUT2D eigenvalue weighted by Gasteiger charge is -2.40. The molecule has 0 radical (unpaired) electrons. The molecule has 0 aromatic carbocycles. The third-order valence-corrected chi connectivity index (χ3v) is 6.03. The SMILES string of the molecule is C[C@@H]1CC[C@H]2C[C@]3(OC2(C)C)C1CC[C@@H]3C. The smallest absolute Gasteiger partial charge is 0.0749 e. The van der Waals surface area contributed by atoms with Crippen LogP contribution in [0.5, 0.6) is 0 Å². The van der Waals surface area contributed by atoms with E-state index in [0.717, 1.165) is 23.7 Å². The van der Waals surface area contributed by atoms with Crippen LogP contribution in [0, 0.1) is 23.7 Å². The third kappa shape index (κ3) is 1.27. The first-order chi connectivity index (χ1) is 7.46. The molecule has 1 saturated heterocycles. The van der Waals surface area contributed by atoms with E-state index in [1.165, 1.54) is 32.1 Å². The monoisotopic (exact) mass is 222 g/mol. The zero-order valence-electron chi connectivity index (χ0n) is 11.3. The highest BCUT2D eigenvalue weighted by molar-refractivity contribution is 5.10. The summed E-state index contributed by atoms with van der Waals surface area (Å²) >= 11 is 0. The van der Waals surface area contributed by atoms with Gasteiger partial charge in [0.15, 0.2) is 0 Å². The standard InChI is InChI=1S/C15H26O/c1-10-5-7-12-9-15(16-14(12,3)4)11(2)6-8-13(10)15/h10-13H,5-9H2,1-4H3/t10-,11+,12+,13?,15-/m1/s1. The largest absolute Gasteiger partial charge is 0.368 e. The molecule has 2 bridgehead atoms. The van der Waals surface area contributed by atoms with Gasteiger partial charge in [-0.05, 0) is 69.6 Å². The third-order valence-electron chi connectivity index (χ3n) is 6.03. The molecular weight excluding hydrogens is 196 g/mol. The molecule has 1 unspecified atom stereocenters. The molecule has 2 aliphatic carbocycles. The summed E-state index contributed by atoms with van der Waals surface area (Å²) in [7, 11) is 0. The van der Waals surface area contributed by atoms with Gasteiger partial charge in [-0.25, -0.2) is 0 Å². The van der Waals surface area contributed by atoms with Crippen molar-refractivity contribution in [1.82, 2.24) is 0 Å². The van der Waals surface area contributed by atoms with Crippen LogP contribution in [0.25, 0.3) is 0 Å². The fourth-order valence-electron chi connectivity index (χ4n) is 4.94. The lowest BCUT2D eigenvalue weighted by atomic mass is 9.77. The van der Waals surface area contributed by atoms with Crippen molar-refractivity contribution in [2.45, 2.75) is 71.0 Å². The highest BCUT2D eigenvalue weighted by Gasteiger charge is 2.61. The minimum atomic E-state index is 0.136. The van der Waals surface area contributed by atoms with Gasteiger partial charge >= 0.3 is 0 Å². The van der Waals surface area contributed by atoms with Crippen molar-refractivity contribution in [3.8, 4) is 0 Å². The lowest BCUT2D eigenvalue weighted by Crippen LogP contribution is -2.43. The molecule has 92 valence electrons. The van der Waals surface area contributed by atoms with Crippen LogP contribution in [0.2, 0.25) is 0 Å². The summed E-state index contributed by atoms with van der Waals surface area (Å²) in [5, 5.41) is 0. The molecular formula is C15H26O. The van der Waals surface area contributed by atoms with E-state index in [1.807, 2.05) is 0 Å². The summed E-state index contributed by atoms with van der Waals surface area (Å²) in [5.41, 5.74) is 0.390. The topological polar surface area (TPSA) is 9.23 Å². The van der Waals surface area contributed by atoms with Gasteiger partial charge in [0.2, 0.25) is 0 Å². The van der Waals surface area contributed by atoms with Crippen LogP contribution in [-0.4, -0.2) is 11.2 Å².